The predicted octanol–water partition coefficient (Wildman–Crippen LogP) is 1.70. The van der Waals surface area contributed by atoms with E-state index in [1.54, 1.807) is 47.5 Å². The third kappa shape index (κ3) is 3.66. The van der Waals surface area contributed by atoms with Crippen molar-refractivity contribution in [2.45, 2.75) is 24.8 Å². The number of nitrogens with one attached hydrogen (secondary N) is 1. The largest absolute Gasteiger partial charge is 0.265 e. The Morgan fingerprint density at radius 2 is 1.79 bits per heavy atom. The van der Waals surface area contributed by atoms with E-state index in [9.17, 15) is 8.42 Å². The van der Waals surface area contributed by atoms with Crippen molar-refractivity contribution >= 4 is 10.0 Å². The van der Waals surface area contributed by atoms with Crippen LogP contribution in [0.15, 0.2) is 59.9 Å². The summed E-state index contributed by atoms with van der Waals surface area (Å²) in [5.41, 5.74) is 2.43. The second kappa shape index (κ2) is 6.90. The highest BCUT2D eigenvalue weighted by atomic mass is 32.2. The van der Waals surface area contributed by atoms with Crippen LogP contribution in [0.3, 0.4) is 0 Å². The van der Waals surface area contributed by atoms with Gasteiger partial charge in [0.05, 0.1) is 29.0 Å². The lowest BCUT2D eigenvalue weighted by molar-refractivity contribution is 0.580. The standard InChI is InChI=1S/C16H17N5O2S/c1-2-13-3-5-16(6-4-13)24(22,23)18-11-14-12-21(20-19-14)15-7-9-17-10-8-15/h3-10,12,18H,2,11H2,1H3. The van der Waals surface area contributed by atoms with E-state index in [0.29, 0.717) is 5.69 Å². The van der Waals surface area contributed by atoms with Crippen LogP contribution in [0.4, 0.5) is 0 Å². The van der Waals surface area contributed by atoms with Crippen molar-refractivity contribution in [3.05, 3.63) is 66.2 Å². The molecule has 0 aliphatic heterocycles. The van der Waals surface area contributed by atoms with Gasteiger partial charge in [-0.15, -0.1) is 5.10 Å². The van der Waals surface area contributed by atoms with Gasteiger partial charge in [-0.05, 0) is 36.2 Å². The highest BCUT2D eigenvalue weighted by molar-refractivity contribution is 7.89. The van der Waals surface area contributed by atoms with Crippen LogP contribution < -0.4 is 4.72 Å². The van der Waals surface area contributed by atoms with Crippen molar-refractivity contribution in [3.63, 3.8) is 0 Å². The Kier molecular flexibility index (Phi) is 4.68. The molecule has 0 bridgehead atoms. The zero-order valence-corrected chi connectivity index (χ0v) is 13.9. The molecular formula is C16H17N5O2S. The summed E-state index contributed by atoms with van der Waals surface area (Å²) in [6.07, 6.45) is 5.85. The van der Waals surface area contributed by atoms with E-state index in [1.165, 1.54) is 0 Å². The van der Waals surface area contributed by atoms with E-state index in [-0.39, 0.29) is 11.4 Å². The van der Waals surface area contributed by atoms with Crippen molar-refractivity contribution in [2.75, 3.05) is 0 Å². The third-order valence-corrected chi connectivity index (χ3v) is 4.97. The van der Waals surface area contributed by atoms with Crippen molar-refractivity contribution in [3.8, 4) is 5.69 Å². The Bertz CT molecular complexity index is 905. The monoisotopic (exact) mass is 343 g/mol. The van der Waals surface area contributed by atoms with E-state index in [1.807, 2.05) is 19.1 Å². The molecule has 0 amide bonds. The number of aromatic nitrogens is 4. The minimum Gasteiger partial charge on any atom is -0.265 e. The summed E-state index contributed by atoms with van der Waals surface area (Å²) in [4.78, 5) is 4.18. The number of benzene rings is 1. The topological polar surface area (TPSA) is 89.8 Å². The molecule has 0 spiro atoms. The average Bonchev–Trinajstić information content (AvgIpc) is 3.10. The van der Waals surface area contributed by atoms with Crippen LogP contribution in [-0.2, 0) is 23.0 Å². The zero-order chi connectivity index (χ0) is 17.0. The molecule has 2 aromatic heterocycles. The second-order valence-electron chi connectivity index (χ2n) is 5.18. The van der Waals surface area contributed by atoms with Crippen LogP contribution in [0.1, 0.15) is 18.2 Å². The molecule has 3 aromatic rings. The minimum atomic E-state index is -3.58. The Balaban J connectivity index is 1.69. The van der Waals surface area contributed by atoms with Gasteiger partial charge in [-0.3, -0.25) is 4.98 Å². The summed E-state index contributed by atoms with van der Waals surface area (Å²) in [5.74, 6) is 0. The van der Waals surface area contributed by atoms with E-state index < -0.39 is 10.0 Å². The van der Waals surface area contributed by atoms with Crippen LogP contribution >= 0.6 is 0 Å². The average molecular weight is 343 g/mol. The fourth-order valence-corrected chi connectivity index (χ4v) is 3.16. The first kappa shape index (κ1) is 16.3. The molecule has 3 rings (SSSR count). The van der Waals surface area contributed by atoms with Gasteiger partial charge in [0, 0.05) is 12.4 Å². The van der Waals surface area contributed by atoms with Gasteiger partial charge in [0.15, 0.2) is 0 Å². The number of nitrogens with zero attached hydrogens (tertiary/aromatic N) is 4. The molecule has 124 valence electrons. The highest BCUT2D eigenvalue weighted by Crippen LogP contribution is 2.12. The maximum atomic E-state index is 12.3. The van der Waals surface area contributed by atoms with Gasteiger partial charge < -0.3 is 0 Å². The quantitative estimate of drug-likeness (QED) is 0.736. The molecule has 1 aromatic carbocycles. The molecule has 7 nitrogen and oxygen atoms in total. The fraction of sp³-hybridized carbons (Fsp3) is 0.188. The molecule has 0 aliphatic carbocycles. The number of sulfonamides is 1. The molecule has 0 saturated carbocycles. The number of hydrogen-bond donors (Lipinski definition) is 1. The molecule has 1 N–H and O–H groups in total. The molecule has 0 aliphatic rings. The summed E-state index contributed by atoms with van der Waals surface area (Å²) >= 11 is 0. The van der Waals surface area contributed by atoms with Crippen LogP contribution in [0, 0.1) is 0 Å². The maximum absolute atomic E-state index is 12.3. The molecule has 0 radical (unpaired) electrons. The van der Waals surface area contributed by atoms with Crippen LogP contribution in [0.25, 0.3) is 5.69 Å². The molecule has 0 unspecified atom stereocenters. The van der Waals surface area contributed by atoms with Crippen LogP contribution in [0.2, 0.25) is 0 Å². The van der Waals surface area contributed by atoms with E-state index in [0.717, 1.165) is 17.7 Å². The van der Waals surface area contributed by atoms with Gasteiger partial charge >= 0.3 is 0 Å². The highest BCUT2D eigenvalue weighted by Gasteiger charge is 2.14. The van der Waals surface area contributed by atoms with Gasteiger partial charge in [0.2, 0.25) is 10.0 Å². The van der Waals surface area contributed by atoms with Gasteiger partial charge in [-0.2, -0.15) is 0 Å². The normalized spacial score (nSPS) is 11.5. The van der Waals surface area contributed by atoms with Crippen molar-refractivity contribution < 1.29 is 8.42 Å². The molecule has 0 fully saturated rings. The summed E-state index contributed by atoms with van der Waals surface area (Å²) in [5, 5.41) is 7.97. The first-order chi connectivity index (χ1) is 11.6. The van der Waals surface area contributed by atoms with Crippen molar-refractivity contribution in [2.24, 2.45) is 0 Å². The smallest absolute Gasteiger partial charge is 0.240 e. The first-order valence-corrected chi connectivity index (χ1v) is 8.97. The Morgan fingerprint density at radius 3 is 2.46 bits per heavy atom. The molecular weight excluding hydrogens is 326 g/mol. The Morgan fingerprint density at radius 1 is 1.08 bits per heavy atom. The van der Waals surface area contributed by atoms with Crippen LogP contribution in [0.5, 0.6) is 0 Å². The number of rotatable bonds is 6. The molecule has 0 atom stereocenters. The number of hydrogen-bond acceptors (Lipinski definition) is 5. The first-order valence-electron chi connectivity index (χ1n) is 7.49. The Hall–Kier alpha value is -2.58. The van der Waals surface area contributed by atoms with Gasteiger partial charge in [-0.1, -0.05) is 24.3 Å². The molecule has 0 saturated heterocycles. The van der Waals surface area contributed by atoms with Crippen molar-refractivity contribution in [1.29, 1.82) is 0 Å². The van der Waals surface area contributed by atoms with E-state index >= 15 is 0 Å². The van der Waals surface area contributed by atoms with Crippen molar-refractivity contribution in [1.82, 2.24) is 24.7 Å². The summed E-state index contributed by atoms with van der Waals surface area (Å²) in [6, 6.07) is 10.4. The van der Waals surface area contributed by atoms with Gasteiger partial charge in [0.25, 0.3) is 0 Å². The minimum absolute atomic E-state index is 0.0724. The number of aryl methyl sites for hydroxylation is 1. The van der Waals surface area contributed by atoms with E-state index in [4.69, 9.17) is 0 Å². The fourth-order valence-electron chi connectivity index (χ4n) is 2.16. The van der Waals surface area contributed by atoms with Gasteiger partial charge in [-0.25, -0.2) is 17.8 Å². The lowest BCUT2D eigenvalue weighted by atomic mass is 10.2. The second-order valence-corrected chi connectivity index (χ2v) is 6.95. The lowest BCUT2D eigenvalue weighted by Gasteiger charge is -2.05. The number of pyridine rings is 1. The molecule has 8 heteroatoms. The zero-order valence-electron chi connectivity index (χ0n) is 13.1. The third-order valence-electron chi connectivity index (χ3n) is 3.55. The van der Waals surface area contributed by atoms with Crippen LogP contribution in [-0.4, -0.2) is 28.4 Å². The maximum Gasteiger partial charge on any atom is 0.240 e. The lowest BCUT2D eigenvalue weighted by Crippen LogP contribution is -2.23. The summed E-state index contributed by atoms with van der Waals surface area (Å²) in [6.45, 7) is 2.09. The summed E-state index contributed by atoms with van der Waals surface area (Å²) in [7, 11) is -3.58. The van der Waals surface area contributed by atoms with E-state index in [2.05, 4.69) is 20.0 Å². The predicted molar refractivity (Wildman–Crippen MR) is 89.0 cm³/mol. The Labute approximate surface area is 140 Å². The SMILES string of the molecule is CCc1ccc(S(=O)(=O)NCc2cn(-c3ccncc3)nn2)cc1. The molecule has 24 heavy (non-hydrogen) atoms. The molecule has 2 heterocycles. The summed E-state index contributed by atoms with van der Waals surface area (Å²) < 4.78 is 28.7. The van der Waals surface area contributed by atoms with Gasteiger partial charge in [0.1, 0.15) is 0 Å².